The molecule has 1 unspecified atom stereocenters. The zero-order valence-electron chi connectivity index (χ0n) is 7.97. The zero-order chi connectivity index (χ0) is 8.84. The van der Waals surface area contributed by atoms with Crippen LogP contribution >= 0.6 is 11.3 Å². The molecule has 0 amide bonds. The Hall–Kier alpha value is -0.340. The van der Waals surface area contributed by atoms with Crippen LogP contribution in [-0.4, -0.2) is 13.1 Å². The van der Waals surface area contributed by atoms with Crippen LogP contribution in [0.1, 0.15) is 34.1 Å². The average molecular weight is 193 g/mol. The van der Waals surface area contributed by atoms with Crippen molar-refractivity contribution in [1.82, 2.24) is 5.32 Å². The van der Waals surface area contributed by atoms with Crippen molar-refractivity contribution in [3.63, 3.8) is 0 Å². The van der Waals surface area contributed by atoms with Gasteiger partial charge in [0.2, 0.25) is 0 Å². The van der Waals surface area contributed by atoms with E-state index >= 15 is 0 Å². The molecular weight excluding hydrogens is 178 g/mol. The fourth-order valence-electron chi connectivity index (χ4n) is 2.17. The van der Waals surface area contributed by atoms with E-state index < -0.39 is 0 Å². The monoisotopic (exact) mass is 193 g/mol. The Kier molecular flexibility index (Phi) is 1.74. The highest BCUT2D eigenvalue weighted by Gasteiger charge is 2.29. The van der Waals surface area contributed by atoms with Gasteiger partial charge in [0.1, 0.15) is 0 Å². The topological polar surface area (TPSA) is 12.0 Å². The van der Waals surface area contributed by atoms with Gasteiger partial charge in [0.15, 0.2) is 0 Å². The maximum absolute atomic E-state index is 3.37. The quantitative estimate of drug-likeness (QED) is 0.760. The number of nitrogens with one attached hydrogen (secondary N) is 1. The minimum atomic E-state index is 0.717. The molecule has 2 aliphatic carbocycles. The number of rotatable bonds is 2. The Morgan fingerprint density at radius 3 is 2.85 bits per heavy atom. The molecule has 1 aromatic rings. The Labute approximate surface area is 83.2 Å². The zero-order valence-corrected chi connectivity index (χ0v) is 8.79. The number of thiophene rings is 1. The van der Waals surface area contributed by atoms with E-state index in [1.165, 1.54) is 25.7 Å². The highest BCUT2D eigenvalue weighted by Crippen LogP contribution is 2.45. The largest absolute Gasteiger partial charge is 0.316 e. The van der Waals surface area contributed by atoms with Crippen LogP contribution in [0.25, 0.3) is 0 Å². The molecule has 1 N–H and O–H groups in total. The summed E-state index contributed by atoms with van der Waals surface area (Å²) in [4.78, 5) is 3.32. The molecule has 0 saturated heterocycles. The maximum Gasteiger partial charge on any atom is 0.0153 e. The summed E-state index contributed by atoms with van der Waals surface area (Å²) in [6.45, 7) is 0. The molecule has 1 nitrogen and oxygen atoms in total. The van der Waals surface area contributed by atoms with E-state index in [2.05, 4.69) is 29.8 Å². The van der Waals surface area contributed by atoms with Crippen LogP contribution in [0.2, 0.25) is 0 Å². The molecule has 1 atom stereocenters. The molecule has 1 heterocycles. The lowest BCUT2D eigenvalue weighted by atomic mass is 10.2. The van der Waals surface area contributed by atoms with Crippen molar-refractivity contribution < 1.29 is 0 Å². The summed E-state index contributed by atoms with van der Waals surface area (Å²) < 4.78 is 0. The first-order valence-corrected chi connectivity index (χ1v) is 5.97. The molecule has 0 spiro atoms. The second-order valence-electron chi connectivity index (χ2n) is 4.27. The van der Waals surface area contributed by atoms with E-state index in [4.69, 9.17) is 0 Å². The molecule has 1 aromatic heterocycles. The lowest BCUT2D eigenvalue weighted by molar-refractivity contribution is 0.594. The fourth-order valence-corrected chi connectivity index (χ4v) is 3.62. The van der Waals surface area contributed by atoms with Gasteiger partial charge in [-0.3, -0.25) is 0 Å². The number of likely N-dealkylation sites (N-methyl/N-ethyl adjacent to an activating group) is 1. The highest BCUT2D eigenvalue weighted by molar-refractivity contribution is 7.12. The number of hydrogen-bond donors (Lipinski definition) is 1. The van der Waals surface area contributed by atoms with Gasteiger partial charge >= 0.3 is 0 Å². The first-order chi connectivity index (χ1) is 6.36. The molecule has 0 aromatic carbocycles. The van der Waals surface area contributed by atoms with E-state index in [0.717, 1.165) is 12.0 Å². The highest BCUT2D eigenvalue weighted by atomic mass is 32.1. The lowest BCUT2D eigenvalue weighted by Crippen LogP contribution is -2.24. The summed E-state index contributed by atoms with van der Waals surface area (Å²) in [5.74, 6) is 0.948. The third-order valence-electron chi connectivity index (χ3n) is 3.20. The van der Waals surface area contributed by atoms with E-state index in [-0.39, 0.29) is 0 Å². The molecule has 1 saturated carbocycles. The van der Waals surface area contributed by atoms with Crippen LogP contribution in [0, 0.1) is 0 Å². The van der Waals surface area contributed by atoms with Crippen molar-refractivity contribution >= 4 is 11.3 Å². The molecule has 0 radical (unpaired) electrons. The van der Waals surface area contributed by atoms with Crippen LogP contribution in [-0.2, 0) is 12.8 Å². The van der Waals surface area contributed by atoms with Crippen LogP contribution in [0.3, 0.4) is 0 Å². The first-order valence-electron chi connectivity index (χ1n) is 5.15. The first kappa shape index (κ1) is 8.01. The summed E-state index contributed by atoms with van der Waals surface area (Å²) in [5.41, 5.74) is 1.63. The van der Waals surface area contributed by atoms with Crippen molar-refractivity contribution in [2.45, 2.75) is 37.6 Å². The molecule has 2 heteroatoms. The number of hydrogen-bond acceptors (Lipinski definition) is 2. The summed E-state index contributed by atoms with van der Waals surface area (Å²) >= 11 is 2.07. The minimum Gasteiger partial charge on any atom is -0.316 e. The molecule has 3 rings (SSSR count). The Morgan fingerprint density at radius 1 is 1.38 bits per heavy atom. The lowest BCUT2D eigenvalue weighted by Gasteiger charge is -2.05. The smallest absolute Gasteiger partial charge is 0.0153 e. The van der Waals surface area contributed by atoms with Gasteiger partial charge in [0.25, 0.3) is 0 Å². The third-order valence-corrected chi connectivity index (χ3v) is 4.56. The molecule has 13 heavy (non-hydrogen) atoms. The molecule has 0 aliphatic heterocycles. The number of fused-ring (bicyclic) bond motifs is 1. The molecule has 70 valence electrons. The van der Waals surface area contributed by atoms with Crippen LogP contribution in [0.5, 0.6) is 0 Å². The van der Waals surface area contributed by atoms with Gasteiger partial charge in [-0.1, -0.05) is 0 Å². The van der Waals surface area contributed by atoms with Gasteiger partial charge in [0.05, 0.1) is 0 Å². The summed E-state index contributed by atoms with van der Waals surface area (Å²) in [5, 5.41) is 3.37. The van der Waals surface area contributed by atoms with Crippen LogP contribution < -0.4 is 5.32 Å². The van der Waals surface area contributed by atoms with Crippen LogP contribution in [0.15, 0.2) is 6.07 Å². The predicted octanol–water partition coefficient (Wildman–Crippen LogP) is 2.31. The van der Waals surface area contributed by atoms with Gasteiger partial charge in [-0.25, -0.2) is 0 Å². The normalized spacial score (nSPS) is 26.4. The van der Waals surface area contributed by atoms with E-state index in [1.54, 1.807) is 15.3 Å². The van der Waals surface area contributed by atoms with Gasteiger partial charge < -0.3 is 5.32 Å². The van der Waals surface area contributed by atoms with Crippen molar-refractivity contribution in [1.29, 1.82) is 0 Å². The molecular formula is C11H15NS. The minimum absolute atomic E-state index is 0.717. The summed E-state index contributed by atoms with van der Waals surface area (Å²) in [7, 11) is 2.07. The summed E-state index contributed by atoms with van der Waals surface area (Å²) in [6.07, 6.45) is 5.40. The third kappa shape index (κ3) is 1.32. The van der Waals surface area contributed by atoms with Gasteiger partial charge in [-0.05, 0) is 50.3 Å². The Morgan fingerprint density at radius 2 is 2.23 bits per heavy atom. The fraction of sp³-hybridized carbons (Fsp3) is 0.636. The van der Waals surface area contributed by atoms with Crippen molar-refractivity contribution in [2.75, 3.05) is 7.05 Å². The van der Waals surface area contributed by atoms with Crippen molar-refractivity contribution in [3.8, 4) is 0 Å². The van der Waals surface area contributed by atoms with E-state index in [0.29, 0.717) is 0 Å². The van der Waals surface area contributed by atoms with E-state index in [9.17, 15) is 0 Å². The second kappa shape index (κ2) is 2.82. The molecule has 2 aliphatic rings. The Bertz CT molecular complexity index is 301. The van der Waals surface area contributed by atoms with Crippen molar-refractivity contribution in [2.24, 2.45) is 0 Å². The van der Waals surface area contributed by atoms with Gasteiger partial charge in [0, 0.05) is 15.8 Å². The van der Waals surface area contributed by atoms with E-state index in [1.807, 2.05) is 0 Å². The average Bonchev–Trinajstić information content (AvgIpc) is 2.78. The second-order valence-corrected chi connectivity index (χ2v) is 5.43. The predicted molar refractivity (Wildman–Crippen MR) is 56.5 cm³/mol. The van der Waals surface area contributed by atoms with Gasteiger partial charge in [-0.15, -0.1) is 11.3 Å². The SMILES string of the molecule is CNC1Cc2cc(C3CC3)sc2C1. The molecule has 0 bridgehead atoms. The summed E-state index contributed by atoms with van der Waals surface area (Å²) in [6, 6.07) is 3.18. The van der Waals surface area contributed by atoms with Gasteiger partial charge in [-0.2, -0.15) is 0 Å². The Balaban J connectivity index is 1.85. The maximum atomic E-state index is 3.37. The molecule has 1 fully saturated rings. The van der Waals surface area contributed by atoms with Crippen molar-refractivity contribution in [3.05, 3.63) is 21.4 Å². The van der Waals surface area contributed by atoms with Crippen LogP contribution in [0.4, 0.5) is 0 Å². The standard InChI is InChI=1S/C11H15NS/c1-12-9-4-8-5-10(7-2-3-7)13-11(8)6-9/h5,7,9,12H,2-4,6H2,1H3.